The lowest BCUT2D eigenvalue weighted by molar-refractivity contribution is 0.174. The molecule has 1 unspecified atom stereocenters. The van der Waals surface area contributed by atoms with Crippen molar-refractivity contribution in [2.45, 2.75) is 31.7 Å². The number of nitrogens with one attached hydrogen (secondary N) is 1. The Morgan fingerprint density at radius 1 is 0.667 bits per heavy atom. The topological polar surface area (TPSA) is 67.4 Å². The Morgan fingerprint density at radius 2 is 1.25 bits per heavy atom. The number of hydrogen-bond donors (Lipinski definition) is 1. The average Bonchev–Trinajstić information content (AvgIpc) is 3.39. The third-order valence-corrected chi connectivity index (χ3v) is 6.44. The smallest absolute Gasteiger partial charge is 0.231 e. The molecule has 192 valence electrons. The van der Waals surface area contributed by atoms with Gasteiger partial charge in [0.1, 0.15) is 0 Å². The fraction of sp³-hybridized carbons (Fsp3) is 0.379. The Bertz CT molecular complexity index is 1150. The molecule has 0 radical (unpaired) electrons. The summed E-state index contributed by atoms with van der Waals surface area (Å²) in [7, 11) is 6.64. The van der Waals surface area contributed by atoms with Gasteiger partial charge >= 0.3 is 0 Å². The predicted molar refractivity (Wildman–Crippen MR) is 139 cm³/mol. The molecule has 0 saturated heterocycles. The van der Waals surface area contributed by atoms with Gasteiger partial charge in [-0.05, 0) is 85.3 Å². The van der Waals surface area contributed by atoms with E-state index in [1.165, 1.54) is 16.7 Å². The van der Waals surface area contributed by atoms with Gasteiger partial charge in [-0.25, -0.2) is 0 Å². The van der Waals surface area contributed by atoms with Crippen LogP contribution in [0.2, 0.25) is 0 Å². The van der Waals surface area contributed by atoms with Gasteiger partial charge in [0.25, 0.3) is 0 Å². The van der Waals surface area contributed by atoms with Crippen molar-refractivity contribution in [1.82, 2.24) is 5.32 Å². The van der Waals surface area contributed by atoms with Crippen LogP contribution in [0.1, 0.15) is 23.1 Å². The molecule has 4 rings (SSSR count). The largest absolute Gasteiger partial charge is 0.493 e. The minimum Gasteiger partial charge on any atom is -0.493 e. The van der Waals surface area contributed by atoms with Crippen LogP contribution in [0.25, 0.3) is 0 Å². The first-order valence-corrected chi connectivity index (χ1v) is 12.2. The molecule has 1 aliphatic rings. The lowest BCUT2D eigenvalue weighted by Crippen LogP contribution is -2.33. The normalized spacial score (nSPS) is 12.8. The van der Waals surface area contributed by atoms with Crippen molar-refractivity contribution in [1.29, 1.82) is 0 Å². The quantitative estimate of drug-likeness (QED) is 0.366. The molecule has 0 fully saturated rings. The summed E-state index contributed by atoms with van der Waals surface area (Å²) in [6.45, 7) is 1.14. The second kappa shape index (κ2) is 12.4. The van der Waals surface area contributed by atoms with Crippen LogP contribution in [0.5, 0.6) is 34.5 Å². The van der Waals surface area contributed by atoms with E-state index in [2.05, 4.69) is 41.7 Å². The number of benzene rings is 3. The maximum absolute atomic E-state index is 5.53. The number of ether oxygens (including phenoxy) is 6. The molecule has 1 aliphatic heterocycles. The fourth-order valence-electron chi connectivity index (χ4n) is 4.46. The van der Waals surface area contributed by atoms with E-state index in [0.29, 0.717) is 6.79 Å². The molecule has 1 N–H and O–H groups in total. The first kappa shape index (κ1) is 25.5. The summed E-state index contributed by atoms with van der Waals surface area (Å²) >= 11 is 0. The molecule has 0 bridgehead atoms. The van der Waals surface area contributed by atoms with Gasteiger partial charge in [0.15, 0.2) is 34.5 Å². The fourth-order valence-corrected chi connectivity index (χ4v) is 4.46. The number of rotatable bonds is 13. The highest BCUT2D eigenvalue weighted by Gasteiger charge is 2.15. The lowest BCUT2D eigenvalue weighted by atomic mass is 9.98. The van der Waals surface area contributed by atoms with Crippen molar-refractivity contribution in [2.75, 3.05) is 41.8 Å². The van der Waals surface area contributed by atoms with E-state index in [0.717, 1.165) is 66.7 Å². The number of methoxy groups -OCH3 is 4. The zero-order valence-corrected chi connectivity index (χ0v) is 21.5. The molecule has 3 aromatic carbocycles. The van der Waals surface area contributed by atoms with E-state index in [-0.39, 0.29) is 6.04 Å². The molecule has 0 saturated carbocycles. The van der Waals surface area contributed by atoms with Crippen molar-refractivity contribution in [2.24, 2.45) is 0 Å². The minimum atomic E-state index is 0.269. The summed E-state index contributed by atoms with van der Waals surface area (Å²) < 4.78 is 32.7. The molecule has 36 heavy (non-hydrogen) atoms. The van der Waals surface area contributed by atoms with Crippen LogP contribution in [0.3, 0.4) is 0 Å². The maximum atomic E-state index is 5.53. The summed E-state index contributed by atoms with van der Waals surface area (Å²) in [5.74, 6) is 4.61. The van der Waals surface area contributed by atoms with Gasteiger partial charge in [-0.1, -0.05) is 18.2 Å². The van der Waals surface area contributed by atoms with E-state index in [4.69, 9.17) is 28.4 Å². The second-order valence-electron chi connectivity index (χ2n) is 8.71. The minimum absolute atomic E-state index is 0.269. The van der Waals surface area contributed by atoms with Crippen LogP contribution in [-0.2, 0) is 19.3 Å². The van der Waals surface area contributed by atoms with Gasteiger partial charge in [-0.3, -0.25) is 0 Å². The molecule has 7 heteroatoms. The van der Waals surface area contributed by atoms with E-state index in [1.54, 1.807) is 28.4 Å². The van der Waals surface area contributed by atoms with Crippen LogP contribution in [0.15, 0.2) is 54.6 Å². The Labute approximate surface area is 213 Å². The van der Waals surface area contributed by atoms with Gasteiger partial charge in [0.2, 0.25) is 6.79 Å². The molecule has 0 spiro atoms. The van der Waals surface area contributed by atoms with Gasteiger partial charge < -0.3 is 33.7 Å². The predicted octanol–water partition coefficient (Wildman–Crippen LogP) is 4.83. The van der Waals surface area contributed by atoms with Crippen LogP contribution < -0.4 is 33.7 Å². The van der Waals surface area contributed by atoms with Crippen LogP contribution >= 0.6 is 0 Å². The van der Waals surface area contributed by atoms with Gasteiger partial charge in [-0.2, -0.15) is 0 Å². The highest BCUT2D eigenvalue weighted by Crippen LogP contribution is 2.33. The highest BCUT2D eigenvalue weighted by molar-refractivity contribution is 5.45. The first-order valence-electron chi connectivity index (χ1n) is 12.2. The third kappa shape index (κ3) is 6.34. The number of aryl methyl sites for hydroxylation is 1. The highest BCUT2D eigenvalue weighted by atomic mass is 16.7. The molecule has 0 amide bonds. The van der Waals surface area contributed by atoms with Crippen LogP contribution in [0.4, 0.5) is 0 Å². The maximum Gasteiger partial charge on any atom is 0.231 e. The van der Waals surface area contributed by atoms with E-state index >= 15 is 0 Å². The number of hydrogen-bond acceptors (Lipinski definition) is 7. The van der Waals surface area contributed by atoms with Gasteiger partial charge in [-0.15, -0.1) is 0 Å². The van der Waals surface area contributed by atoms with E-state index < -0.39 is 0 Å². The molecule has 1 heterocycles. The molecule has 0 aliphatic carbocycles. The molecular formula is C29H35NO6. The summed E-state index contributed by atoms with van der Waals surface area (Å²) in [6.07, 6.45) is 3.64. The summed E-state index contributed by atoms with van der Waals surface area (Å²) in [6, 6.07) is 18.7. The van der Waals surface area contributed by atoms with Crippen molar-refractivity contribution in [3.05, 3.63) is 71.3 Å². The SMILES string of the molecule is COc1ccc(CCC(Cc2ccc(OC)c(OC)c2)NCCc2ccc3c(c2)OCO3)cc1OC. The molecule has 7 nitrogen and oxygen atoms in total. The van der Waals surface area contributed by atoms with Crippen molar-refractivity contribution in [3.63, 3.8) is 0 Å². The third-order valence-electron chi connectivity index (χ3n) is 6.44. The lowest BCUT2D eigenvalue weighted by Gasteiger charge is -2.20. The standard InChI is InChI=1S/C29H35NO6/c1-31-24-10-6-20(16-27(24)33-3)5-9-23(15-22-8-11-25(32-2)28(18-22)34-4)30-14-13-21-7-12-26-29(17-21)36-19-35-26/h6-8,10-12,16-18,23,30H,5,9,13-15,19H2,1-4H3. The summed E-state index contributed by atoms with van der Waals surface area (Å²) in [5, 5.41) is 3.77. The average molecular weight is 494 g/mol. The van der Waals surface area contributed by atoms with Crippen molar-refractivity contribution in [3.8, 4) is 34.5 Å². The van der Waals surface area contributed by atoms with Crippen molar-refractivity contribution >= 4 is 0 Å². The summed E-state index contributed by atoms with van der Waals surface area (Å²) in [4.78, 5) is 0. The molecular weight excluding hydrogens is 458 g/mol. The van der Waals surface area contributed by atoms with E-state index in [1.807, 2.05) is 18.2 Å². The van der Waals surface area contributed by atoms with E-state index in [9.17, 15) is 0 Å². The van der Waals surface area contributed by atoms with Gasteiger partial charge in [0, 0.05) is 6.04 Å². The first-order chi connectivity index (χ1) is 17.6. The van der Waals surface area contributed by atoms with Crippen molar-refractivity contribution < 1.29 is 28.4 Å². The molecule has 3 aromatic rings. The zero-order valence-electron chi connectivity index (χ0n) is 21.5. The Balaban J connectivity index is 1.43. The zero-order chi connectivity index (χ0) is 25.3. The van der Waals surface area contributed by atoms with Crippen LogP contribution in [-0.4, -0.2) is 47.8 Å². The molecule has 0 aromatic heterocycles. The van der Waals surface area contributed by atoms with Gasteiger partial charge in [0.05, 0.1) is 28.4 Å². The monoisotopic (exact) mass is 493 g/mol. The van der Waals surface area contributed by atoms with Crippen LogP contribution in [0, 0.1) is 0 Å². The number of fused-ring (bicyclic) bond motifs is 1. The second-order valence-corrected chi connectivity index (χ2v) is 8.71. The summed E-state index contributed by atoms with van der Waals surface area (Å²) in [5.41, 5.74) is 3.62. The molecule has 1 atom stereocenters. The Hall–Kier alpha value is -3.58. The Kier molecular flexibility index (Phi) is 8.79. The Morgan fingerprint density at radius 3 is 1.94 bits per heavy atom.